The van der Waals surface area contributed by atoms with Gasteiger partial charge in [0.15, 0.2) is 9.84 Å². The van der Waals surface area contributed by atoms with Crippen LogP contribution < -0.4 is 10.1 Å². The van der Waals surface area contributed by atoms with E-state index >= 15 is 0 Å². The first-order valence-electron chi connectivity index (χ1n) is 9.68. The van der Waals surface area contributed by atoms with Crippen LogP contribution in [0, 0.1) is 0 Å². The van der Waals surface area contributed by atoms with E-state index in [0.29, 0.717) is 18.0 Å². The van der Waals surface area contributed by atoms with Crippen LogP contribution in [-0.2, 0) is 14.6 Å². The van der Waals surface area contributed by atoms with Crippen LogP contribution in [0.4, 0.5) is 10.5 Å². The molecule has 3 heterocycles. The number of carbonyl (C=O) groups is 1. The topological polar surface area (TPSA) is 88.2 Å². The summed E-state index contributed by atoms with van der Waals surface area (Å²) >= 11 is 0. The number of hydrogen-bond acceptors (Lipinski definition) is 6. The second-order valence-corrected chi connectivity index (χ2v) is 10.2. The minimum Gasteiger partial charge on any atom is -0.495 e. The number of carbonyl (C=O) groups excluding carboxylic acids is 1. The average Bonchev–Trinajstić information content (AvgIpc) is 3.15. The van der Waals surface area contributed by atoms with Crippen LogP contribution in [0.15, 0.2) is 24.3 Å². The summed E-state index contributed by atoms with van der Waals surface area (Å²) in [6.07, 6.45) is 2.27. The summed E-state index contributed by atoms with van der Waals surface area (Å²) in [7, 11) is -1.70. The summed E-state index contributed by atoms with van der Waals surface area (Å²) in [5.74, 6) is 0.559. The van der Waals surface area contributed by atoms with Crippen LogP contribution in [0.25, 0.3) is 0 Å². The van der Waals surface area contributed by atoms with E-state index in [0.717, 1.165) is 25.9 Å². The number of anilines is 1. The molecule has 0 aliphatic carbocycles. The Hall–Kier alpha value is -1.84. The first-order chi connectivity index (χ1) is 13.4. The third kappa shape index (κ3) is 3.83. The number of urea groups is 1. The van der Waals surface area contributed by atoms with E-state index < -0.39 is 20.7 Å². The molecule has 0 saturated carbocycles. The normalized spacial score (nSPS) is 26.0. The van der Waals surface area contributed by atoms with E-state index in [-0.39, 0.29) is 31.5 Å². The van der Waals surface area contributed by atoms with Gasteiger partial charge in [-0.3, -0.25) is 0 Å². The van der Waals surface area contributed by atoms with Gasteiger partial charge in [-0.05, 0) is 38.1 Å². The molecule has 3 fully saturated rings. The zero-order valence-corrected chi connectivity index (χ0v) is 16.9. The second-order valence-electron chi connectivity index (χ2n) is 7.92. The zero-order chi connectivity index (χ0) is 19.8. The van der Waals surface area contributed by atoms with Crippen LogP contribution in [0.1, 0.15) is 12.8 Å². The molecule has 1 spiro atoms. The Morgan fingerprint density at radius 1 is 1.29 bits per heavy atom. The lowest BCUT2D eigenvalue weighted by atomic mass is 9.96. The highest BCUT2D eigenvalue weighted by atomic mass is 32.2. The van der Waals surface area contributed by atoms with Crippen LogP contribution in [0.3, 0.4) is 0 Å². The van der Waals surface area contributed by atoms with Gasteiger partial charge in [0.25, 0.3) is 0 Å². The highest BCUT2D eigenvalue weighted by Crippen LogP contribution is 2.34. The van der Waals surface area contributed by atoms with Crippen molar-refractivity contribution in [1.82, 2.24) is 9.80 Å². The number of rotatable bonds is 4. The van der Waals surface area contributed by atoms with Gasteiger partial charge >= 0.3 is 6.03 Å². The lowest BCUT2D eigenvalue weighted by Gasteiger charge is -2.52. The Balaban J connectivity index is 1.33. The van der Waals surface area contributed by atoms with Gasteiger partial charge < -0.3 is 24.6 Å². The molecule has 2 amide bonds. The van der Waals surface area contributed by atoms with Crippen LogP contribution >= 0.6 is 0 Å². The fourth-order valence-electron chi connectivity index (χ4n) is 4.24. The van der Waals surface area contributed by atoms with Crippen molar-refractivity contribution in [3.05, 3.63) is 24.3 Å². The fraction of sp³-hybridized carbons (Fsp3) is 0.632. The van der Waals surface area contributed by atoms with Crippen molar-refractivity contribution in [1.29, 1.82) is 0 Å². The minimum absolute atomic E-state index is 0.0169. The SMILES string of the molecule is COc1ccccc1NC(=O)N1CC2(C1)CS(=O)(=O)[C@@H](CN1CCCC1)CO2. The molecular weight excluding hydrogens is 382 g/mol. The van der Waals surface area contributed by atoms with Crippen LogP contribution in [0.5, 0.6) is 5.75 Å². The number of para-hydroxylation sites is 2. The van der Waals surface area contributed by atoms with Crippen molar-refractivity contribution in [2.45, 2.75) is 23.7 Å². The Kier molecular flexibility index (Phi) is 5.24. The van der Waals surface area contributed by atoms with Crippen molar-refractivity contribution in [2.75, 3.05) is 57.5 Å². The van der Waals surface area contributed by atoms with Gasteiger partial charge in [-0.2, -0.15) is 0 Å². The Morgan fingerprint density at radius 2 is 2.00 bits per heavy atom. The number of sulfone groups is 1. The molecule has 8 nitrogen and oxygen atoms in total. The summed E-state index contributed by atoms with van der Waals surface area (Å²) in [5, 5.41) is 2.35. The molecule has 0 aromatic heterocycles. The Morgan fingerprint density at radius 3 is 2.68 bits per heavy atom. The second kappa shape index (κ2) is 7.53. The number of ether oxygens (including phenoxy) is 2. The highest BCUT2D eigenvalue weighted by Gasteiger charge is 2.54. The monoisotopic (exact) mass is 409 g/mol. The summed E-state index contributed by atoms with van der Waals surface area (Å²) in [5.41, 5.74) is -0.183. The first kappa shape index (κ1) is 19.5. The number of nitrogens with one attached hydrogen (secondary N) is 1. The number of methoxy groups -OCH3 is 1. The number of amides is 2. The Bertz CT molecular complexity index is 832. The lowest BCUT2D eigenvalue weighted by molar-refractivity contribution is -0.117. The van der Waals surface area contributed by atoms with E-state index in [4.69, 9.17) is 9.47 Å². The van der Waals surface area contributed by atoms with Crippen LogP contribution in [-0.4, -0.2) is 87.3 Å². The average molecular weight is 410 g/mol. The van der Waals surface area contributed by atoms with Gasteiger partial charge in [0.2, 0.25) is 0 Å². The molecular formula is C19H27N3O5S. The summed E-state index contributed by atoms with van der Waals surface area (Å²) in [6, 6.07) is 6.89. The van der Waals surface area contributed by atoms with E-state index in [9.17, 15) is 13.2 Å². The number of likely N-dealkylation sites (tertiary alicyclic amines) is 2. The van der Waals surface area contributed by atoms with Crippen molar-refractivity contribution >= 4 is 21.6 Å². The predicted molar refractivity (Wildman–Crippen MR) is 106 cm³/mol. The molecule has 0 radical (unpaired) electrons. The van der Waals surface area contributed by atoms with Gasteiger partial charge in [-0.25, -0.2) is 13.2 Å². The maximum atomic E-state index is 12.8. The quantitative estimate of drug-likeness (QED) is 0.804. The van der Waals surface area contributed by atoms with Crippen molar-refractivity contribution < 1.29 is 22.7 Å². The third-order valence-electron chi connectivity index (χ3n) is 5.80. The van der Waals surface area contributed by atoms with E-state index in [1.165, 1.54) is 0 Å². The molecule has 4 rings (SSSR count). The van der Waals surface area contributed by atoms with Gasteiger partial charge in [-0.15, -0.1) is 0 Å². The van der Waals surface area contributed by atoms with Crippen molar-refractivity contribution in [3.63, 3.8) is 0 Å². The molecule has 1 aromatic carbocycles. The molecule has 9 heteroatoms. The summed E-state index contributed by atoms with van der Waals surface area (Å²) < 4.78 is 36.8. The molecule has 1 aromatic rings. The van der Waals surface area contributed by atoms with Gasteiger partial charge in [-0.1, -0.05) is 12.1 Å². The number of benzene rings is 1. The largest absolute Gasteiger partial charge is 0.495 e. The third-order valence-corrected chi connectivity index (χ3v) is 8.03. The van der Waals surface area contributed by atoms with Gasteiger partial charge in [0.1, 0.15) is 11.4 Å². The zero-order valence-electron chi connectivity index (χ0n) is 16.1. The molecule has 28 heavy (non-hydrogen) atoms. The van der Waals surface area contributed by atoms with Crippen molar-refractivity contribution in [3.8, 4) is 5.75 Å². The van der Waals surface area contributed by atoms with E-state index in [1.54, 1.807) is 24.1 Å². The molecule has 3 aliphatic heterocycles. The van der Waals surface area contributed by atoms with Crippen molar-refractivity contribution in [2.24, 2.45) is 0 Å². The smallest absolute Gasteiger partial charge is 0.322 e. The highest BCUT2D eigenvalue weighted by molar-refractivity contribution is 7.92. The van der Waals surface area contributed by atoms with Gasteiger partial charge in [0.05, 0.1) is 43.5 Å². The Labute approximate surface area is 165 Å². The lowest BCUT2D eigenvalue weighted by Crippen LogP contribution is -2.71. The maximum absolute atomic E-state index is 12.8. The maximum Gasteiger partial charge on any atom is 0.322 e. The molecule has 154 valence electrons. The molecule has 3 saturated heterocycles. The van der Waals surface area contributed by atoms with Crippen LogP contribution in [0.2, 0.25) is 0 Å². The summed E-state index contributed by atoms with van der Waals surface area (Å²) in [6.45, 7) is 3.26. The number of nitrogens with zero attached hydrogens (tertiary/aromatic N) is 2. The molecule has 3 aliphatic rings. The molecule has 0 bridgehead atoms. The number of hydrogen-bond donors (Lipinski definition) is 1. The minimum atomic E-state index is -3.24. The van der Waals surface area contributed by atoms with E-state index in [1.807, 2.05) is 12.1 Å². The predicted octanol–water partition coefficient (Wildman–Crippen LogP) is 1.19. The summed E-state index contributed by atoms with van der Waals surface area (Å²) in [4.78, 5) is 16.3. The molecule has 1 N–H and O–H groups in total. The first-order valence-corrected chi connectivity index (χ1v) is 11.4. The van der Waals surface area contributed by atoms with E-state index in [2.05, 4.69) is 10.2 Å². The fourth-order valence-corrected chi connectivity index (χ4v) is 6.18. The molecule has 0 unspecified atom stereocenters. The standard InChI is InChI=1S/C19H27N3O5S/c1-26-17-7-3-2-6-16(17)20-18(23)22-12-19(13-22)14-28(24,25)15(11-27-19)10-21-8-4-5-9-21/h2-3,6-7,15H,4-5,8-14H2,1H3,(H,20,23)/t15-/m0/s1. The van der Waals surface area contributed by atoms with Gasteiger partial charge in [0, 0.05) is 6.54 Å². The molecule has 1 atom stereocenters.